The summed E-state index contributed by atoms with van der Waals surface area (Å²) in [4.78, 5) is 13.0. The number of aryl methyl sites for hydroxylation is 2. The highest BCUT2D eigenvalue weighted by molar-refractivity contribution is 6.05. The summed E-state index contributed by atoms with van der Waals surface area (Å²) in [5.41, 5.74) is 6.15. The lowest BCUT2D eigenvalue weighted by Crippen LogP contribution is -2.18. The number of hydrogen-bond acceptors (Lipinski definition) is 6. The maximum atomic E-state index is 11.8. The van der Waals surface area contributed by atoms with Gasteiger partial charge >= 0.3 is 0 Å². The Morgan fingerprint density at radius 3 is 2.75 bits per heavy atom. The van der Waals surface area contributed by atoms with Crippen molar-refractivity contribution >= 4 is 17.5 Å². The lowest BCUT2D eigenvalue weighted by atomic mass is 10.3. The van der Waals surface area contributed by atoms with Crippen LogP contribution in [0.5, 0.6) is 0 Å². The first-order valence-corrected chi connectivity index (χ1v) is 4.40. The van der Waals surface area contributed by atoms with Gasteiger partial charge in [-0.2, -0.15) is 9.90 Å². The number of carbonyl (C=O) groups is 1. The number of nitrogens with two attached hydrogens (primary N) is 1. The van der Waals surface area contributed by atoms with Crippen LogP contribution in [0, 0.1) is 0 Å². The van der Waals surface area contributed by atoms with Gasteiger partial charge < -0.3 is 5.73 Å². The molecule has 0 fully saturated rings. The van der Waals surface area contributed by atoms with Crippen LogP contribution in [0.3, 0.4) is 0 Å². The fraction of sp³-hybridized carbons (Fsp3) is 0.286. The van der Waals surface area contributed by atoms with E-state index in [1.807, 2.05) is 0 Å². The van der Waals surface area contributed by atoms with E-state index in [0.29, 0.717) is 5.69 Å². The summed E-state index contributed by atoms with van der Waals surface area (Å²) in [6.45, 7) is 0. The van der Waals surface area contributed by atoms with Crippen LogP contribution in [0.15, 0.2) is 6.20 Å². The average Bonchev–Trinajstić information content (AvgIpc) is 2.74. The molecule has 0 spiro atoms. The molecule has 0 aliphatic carbocycles. The van der Waals surface area contributed by atoms with Crippen LogP contribution in [0.4, 0.5) is 11.6 Å². The third kappa shape index (κ3) is 1.69. The van der Waals surface area contributed by atoms with Crippen LogP contribution in [0.1, 0.15) is 10.5 Å². The number of nitrogens with one attached hydrogen (secondary N) is 1. The number of carbonyl (C=O) groups excluding carboxylic acids is 1. The lowest BCUT2D eigenvalue weighted by Gasteiger charge is -2.01. The third-order valence-electron chi connectivity index (χ3n) is 1.92. The second-order valence-electron chi connectivity index (χ2n) is 3.13. The number of aromatic nitrogens is 6. The Kier molecular flexibility index (Phi) is 2.27. The van der Waals surface area contributed by atoms with Crippen LogP contribution in [-0.2, 0) is 14.1 Å². The summed E-state index contributed by atoms with van der Waals surface area (Å²) in [6.07, 6.45) is 1.40. The first kappa shape index (κ1) is 10.1. The predicted molar refractivity (Wildman–Crippen MR) is 54.4 cm³/mol. The molecule has 16 heavy (non-hydrogen) atoms. The Morgan fingerprint density at radius 1 is 1.50 bits per heavy atom. The van der Waals surface area contributed by atoms with Gasteiger partial charge in [0.25, 0.3) is 11.9 Å². The molecule has 0 aliphatic rings. The number of rotatable bonds is 2. The molecule has 0 atom stereocenters. The van der Waals surface area contributed by atoms with E-state index in [4.69, 9.17) is 5.73 Å². The van der Waals surface area contributed by atoms with E-state index >= 15 is 0 Å². The monoisotopic (exact) mass is 222 g/mol. The van der Waals surface area contributed by atoms with Crippen molar-refractivity contribution in [2.24, 2.45) is 14.1 Å². The molecule has 2 aromatic rings. The van der Waals surface area contributed by atoms with Crippen molar-refractivity contribution in [2.45, 2.75) is 0 Å². The lowest BCUT2D eigenvalue weighted by molar-refractivity contribution is 0.101. The maximum absolute atomic E-state index is 11.8. The van der Waals surface area contributed by atoms with Gasteiger partial charge in [0.1, 0.15) is 5.69 Å². The second-order valence-corrected chi connectivity index (χ2v) is 3.13. The standard InChI is InChI=1S/C7H10N8O/c1-14-5(4(8)3-9-14)6(16)10-7-11-13-15(2)12-7/h3H,8H2,1-2H3,(H,10,12,16). The molecular formula is C7H10N8O. The van der Waals surface area contributed by atoms with Gasteiger partial charge in [-0.15, -0.1) is 5.10 Å². The molecule has 0 saturated heterocycles. The molecule has 0 unspecified atom stereocenters. The first-order valence-electron chi connectivity index (χ1n) is 4.40. The van der Waals surface area contributed by atoms with E-state index < -0.39 is 5.91 Å². The van der Waals surface area contributed by atoms with Crippen molar-refractivity contribution in [1.29, 1.82) is 0 Å². The molecule has 0 saturated carbocycles. The van der Waals surface area contributed by atoms with Crippen LogP contribution in [0.25, 0.3) is 0 Å². The SMILES string of the molecule is Cn1nnc(NC(=O)c2c(N)cnn2C)n1. The highest BCUT2D eigenvalue weighted by Crippen LogP contribution is 2.10. The number of nitrogen functional groups attached to an aromatic ring is 1. The van der Waals surface area contributed by atoms with Gasteiger partial charge in [-0.1, -0.05) is 5.10 Å². The molecule has 0 aliphatic heterocycles. The zero-order valence-electron chi connectivity index (χ0n) is 8.75. The van der Waals surface area contributed by atoms with Crippen molar-refractivity contribution in [3.63, 3.8) is 0 Å². The Morgan fingerprint density at radius 2 is 2.25 bits per heavy atom. The maximum Gasteiger partial charge on any atom is 0.278 e. The van der Waals surface area contributed by atoms with Crippen LogP contribution >= 0.6 is 0 Å². The van der Waals surface area contributed by atoms with Gasteiger partial charge in [-0.05, 0) is 5.21 Å². The van der Waals surface area contributed by atoms with E-state index in [0.717, 1.165) is 0 Å². The molecule has 0 aromatic carbocycles. The fourth-order valence-electron chi connectivity index (χ4n) is 1.23. The van der Waals surface area contributed by atoms with Crippen molar-refractivity contribution in [3.8, 4) is 0 Å². The van der Waals surface area contributed by atoms with Gasteiger partial charge in [-0.3, -0.25) is 14.8 Å². The van der Waals surface area contributed by atoms with Crippen molar-refractivity contribution in [1.82, 2.24) is 30.0 Å². The second kappa shape index (κ2) is 3.61. The molecule has 0 radical (unpaired) electrons. The summed E-state index contributed by atoms with van der Waals surface area (Å²) in [5, 5.41) is 17.3. The van der Waals surface area contributed by atoms with E-state index in [9.17, 15) is 4.79 Å². The van der Waals surface area contributed by atoms with Crippen molar-refractivity contribution < 1.29 is 4.79 Å². The Balaban J connectivity index is 2.21. The van der Waals surface area contributed by atoms with E-state index in [2.05, 4.69) is 25.8 Å². The van der Waals surface area contributed by atoms with Crippen LogP contribution in [0.2, 0.25) is 0 Å². The number of amides is 1. The number of hydrogen-bond donors (Lipinski definition) is 2. The third-order valence-corrected chi connectivity index (χ3v) is 1.92. The smallest absolute Gasteiger partial charge is 0.278 e. The summed E-state index contributed by atoms with van der Waals surface area (Å²) in [7, 11) is 3.22. The zero-order chi connectivity index (χ0) is 11.7. The number of tetrazole rings is 1. The molecule has 1 amide bonds. The molecule has 3 N–H and O–H groups in total. The topological polar surface area (TPSA) is 117 Å². The minimum Gasteiger partial charge on any atom is -0.396 e. The molecule has 0 bridgehead atoms. The van der Waals surface area contributed by atoms with E-state index in [1.165, 1.54) is 15.7 Å². The highest BCUT2D eigenvalue weighted by Gasteiger charge is 2.16. The molecule has 9 heteroatoms. The Hall–Kier alpha value is -2.45. The first-order chi connectivity index (χ1) is 7.58. The van der Waals surface area contributed by atoms with Gasteiger partial charge in [0.05, 0.1) is 18.9 Å². The summed E-state index contributed by atoms with van der Waals surface area (Å²) in [5.74, 6) is -0.307. The average molecular weight is 222 g/mol. The molecule has 9 nitrogen and oxygen atoms in total. The Labute approximate surface area is 90.2 Å². The van der Waals surface area contributed by atoms with Crippen molar-refractivity contribution in [3.05, 3.63) is 11.9 Å². The number of anilines is 2. The van der Waals surface area contributed by atoms with Gasteiger partial charge in [-0.25, -0.2) is 0 Å². The minimum atomic E-state index is -0.425. The normalized spacial score (nSPS) is 10.4. The largest absolute Gasteiger partial charge is 0.396 e. The minimum absolute atomic E-state index is 0.119. The van der Waals surface area contributed by atoms with Gasteiger partial charge in [0, 0.05) is 7.05 Å². The quantitative estimate of drug-likeness (QED) is 0.657. The summed E-state index contributed by atoms with van der Waals surface area (Å²) < 4.78 is 1.38. The zero-order valence-corrected chi connectivity index (χ0v) is 8.75. The fourth-order valence-corrected chi connectivity index (χ4v) is 1.23. The van der Waals surface area contributed by atoms with Crippen LogP contribution in [-0.4, -0.2) is 35.9 Å². The van der Waals surface area contributed by atoms with Gasteiger partial charge in [0.2, 0.25) is 0 Å². The number of nitrogens with zero attached hydrogens (tertiary/aromatic N) is 6. The highest BCUT2D eigenvalue weighted by atomic mass is 16.2. The summed E-state index contributed by atoms with van der Waals surface area (Å²) in [6, 6.07) is 0. The molecule has 2 aromatic heterocycles. The van der Waals surface area contributed by atoms with Gasteiger partial charge in [0.15, 0.2) is 0 Å². The van der Waals surface area contributed by atoms with E-state index in [1.54, 1.807) is 14.1 Å². The molecular weight excluding hydrogens is 212 g/mol. The van der Waals surface area contributed by atoms with Crippen molar-refractivity contribution in [2.75, 3.05) is 11.1 Å². The molecule has 84 valence electrons. The predicted octanol–water partition coefficient (Wildman–Crippen LogP) is -1.22. The van der Waals surface area contributed by atoms with E-state index in [-0.39, 0.29) is 11.6 Å². The molecule has 2 heterocycles. The summed E-state index contributed by atoms with van der Waals surface area (Å²) >= 11 is 0. The Bertz CT molecular complexity index is 507. The van der Waals surface area contributed by atoms with Crippen LogP contribution < -0.4 is 11.1 Å². The molecule has 2 rings (SSSR count).